The third kappa shape index (κ3) is 6.36. The molecule has 0 saturated heterocycles. The van der Waals surface area contributed by atoms with Crippen LogP contribution in [0.5, 0.6) is 11.5 Å². The average Bonchev–Trinajstić information content (AvgIpc) is 3.01. The summed E-state index contributed by atoms with van der Waals surface area (Å²) in [6, 6.07) is 18.5. The van der Waals surface area contributed by atoms with Crippen LogP contribution >= 0.6 is 31.9 Å². The fourth-order valence-electron chi connectivity index (χ4n) is 4.23. The SMILES string of the molecule is COc1cc(C=Nn2c(-c3cccc(C(F)(F)F)c3)nc3ccccc3c2=O)c(Br)c(Br)c1OCc1ccc([N+](=O)[O-])cc1. The first-order valence-electron chi connectivity index (χ1n) is 12.6. The number of aromatic nitrogens is 2. The van der Waals surface area contributed by atoms with Crippen molar-refractivity contribution in [1.82, 2.24) is 9.66 Å². The van der Waals surface area contributed by atoms with E-state index in [1.165, 1.54) is 37.6 Å². The van der Waals surface area contributed by atoms with Gasteiger partial charge in [0.05, 0.1) is 39.2 Å². The van der Waals surface area contributed by atoms with Crippen LogP contribution in [0, 0.1) is 10.1 Å². The van der Waals surface area contributed by atoms with E-state index >= 15 is 0 Å². The summed E-state index contributed by atoms with van der Waals surface area (Å²) >= 11 is 6.98. The number of nitro benzene ring substituents is 1. The van der Waals surface area contributed by atoms with E-state index in [1.54, 1.807) is 42.5 Å². The average molecular weight is 732 g/mol. The molecule has 1 heterocycles. The predicted molar refractivity (Wildman–Crippen MR) is 165 cm³/mol. The second kappa shape index (κ2) is 12.6. The highest BCUT2D eigenvalue weighted by atomic mass is 79.9. The molecule has 4 aromatic carbocycles. The summed E-state index contributed by atoms with van der Waals surface area (Å²) in [6.07, 6.45) is -3.26. The molecule has 44 heavy (non-hydrogen) atoms. The molecule has 9 nitrogen and oxygen atoms in total. The Labute approximate surface area is 264 Å². The molecule has 0 fully saturated rings. The Morgan fingerprint density at radius 1 is 1.02 bits per heavy atom. The minimum atomic E-state index is -4.60. The summed E-state index contributed by atoms with van der Waals surface area (Å²) in [4.78, 5) is 28.4. The van der Waals surface area contributed by atoms with Crippen LogP contribution in [0.2, 0.25) is 0 Å². The summed E-state index contributed by atoms with van der Waals surface area (Å²) in [5, 5.41) is 15.5. The Morgan fingerprint density at radius 3 is 2.43 bits per heavy atom. The molecule has 0 aliphatic heterocycles. The molecule has 0 amide bonds. The first kappa shape index (κ1) is 30.9. The highest BCUT2D eigenvalue weighted by Crippen LogP contribution is 2.43. The Bertz CT molecular complexity index is 1980. The Hall–Kier alpha value is -4.56. The predicted octanol–water partition coefficient (Wildman–Crippen LogP) is 7.99. The van der Waals surface area contributed by atoms with Crippen molar-refractivity contribution in [1.29, 1.82) is 0 Å². The van der Waals surface area contributed by atoms with Crippen LogP contribution in [0.25, 0.3) is 22.3 Å². The highest BCUT2D eigenvalue weighted by Gasteiger charge is 2.31. The topological polar surface area (TPSA) is 109 Å². The van der Waals surface area contributed by atoms with Crippen molar-refractivity contribution in [3.8, 4) is 22.9 Å². The van der Waals surface area contributed by atoms with Crippen LogP contribution in [0.4, 0.5) is 18.9 Å². The zero-order chi connectivity index (χ0) is 31.6. The third-order valence-corrected chi connectivity index (χ3v) is 8.56. The molecule has 5 rings (SSSR count). The molecule has 14 heteroatoms. The van der Waals surface area contributed by atoms with Gasteiger partial charge in [0.1, 0.15) is 6.61 Å². The van der Waals surface area contributed by atoms with E-state index in [4.69, 9.17) is 9.47 Å². The van der Waals surface area contributed by atoms with E-state index in [9.17, 15) is 28.1 Å². The Kier molecular flexibility index (Phi) is 8.83. The van der Waals surface area contributed by atoms with Crippen LogP contribution in [0.1, 0.15) is 16.7 Å². The number of hydrogen-bond donors (Lipinski definition) is 0. The van der Waals surface area contributed by atoms with Crippen molar-refractivity contribution >= 4 is 54.7 Å². The van der Waals surface area contributed by atoms with E-state index in [0.29, 0.717) is 37.1 Å². The number of hydrogen-bond acceptors (Lipinski definition) is 7. The molecule has 1 aromatic heterocycles. The lowest BCUT2D eigenvalue weighted by Crippen LogP contribution is -2.20. The van der Waals surface area contributed by atoms with Crippen molar-refractivity contribution in [3.05, 3.63) is 125 Å². The molecule has 0 N–H and O–H groups in total. The van der Waals surface area contributed by atoms with Crippen molar-refractivity contribution in [2.75, 3.05) is 7.11 Å². The molecule has 5 aromatic rings. The van der Waals surface area contributed by atoms with Gasteiger partial charge in [-0.1, -0.05) is 24.3 Å². The number of alkyl halides is 3. The summed E-state index contributed by atoms with van der Waals surface area (Å²) in [7, 11) is 1.43. The van der Waals surface area contributed by atoms with Gasteiger partial charge in [-0.05, 0) is 79.9 Å². The lowest BCUT2D eigenvalue weighted by atomic mass is 10.1. The smallest absolute Gasteiger partial charge is 0.416 e. The number of nitrogens with zero attached hydrogens (tertiary/aromatic N) is 4. The zero-order valence-electron chi connectivity index (χ0n) is 22.5. The van der Waals surface area contributed by atoms with Gasteiger partial charge >= 0.3 is 6.18 Å². The molecule has 0 saturated carbocycles. The van der Waals surface area contributed by atoms with Crippen LogP contribution < -0.4 is 15.0 Å². The minimum Gasteiger partial charge on any atom is -0.493 e. The molecule has 0 unspecified atom stereocenters. The lowest BCUT2D eigenvalue weighted by Gasteiger charge is -2.15. The number of fused-ring (bicyclic) bond motifs is 1. The summed E-state index contributed by atoms with van der Waals surface area (Å²) < 4.78 is 53.8. The van der Waals surface area contributed by atoms with Crippen LogP contribution in [0.3, 0.4) is 0 Å². The lowest BCUT2D eigenvalue weighted by molar-refractivity contribution is -0.384. The maximum Gasteiger partial charge on any atom is 0.416 e. The number of rotatable bonds is 8. The molecular weight excluding hydrogens is 713 g/mol. The summed E-state index contributed by atoms with van der Waals surface area (Å²) in [5.74, 6) is 0.538. The number of benzene rings is 4. The quantitative estimate of drug-likeness (QED) is 0.0910. The van der Waals surface area contributed by atoms with Crippen LogP contribution in [-0.2, 0) is 12.8 Å². The van der Waals surface area contributed by atoms with E-state index < -0.39 is 22.2 Å². The van der Waals surface area contributed by atoms with Gasteiger partial charge in [0.25, 0.3) is 11.2 Å². The molecule has 0 bridgehead atoms. The second-order valence-corrected chi connectivity index (χ2v) is 10.8. The van der Waals surface area contributed by atoms with E-state index in [-0.39, 0.29) is 29.1 Å². The maximum atomic E-state index is 13.5. The van der Waals surface area contributed by atoms with Crippen molar-refractivity contribution in [3.63, 3.8) is 0 Å². The van der Waals surface area contributed by atoms with Crippen LogP contribution in [0.15, 0.2) is 97.7 Å². The van der Waals surface area contributed by atoms with Gasteiger partial charge in [-0.15, -0.1) is 0 Å². The number of para-hydroxylation sites is 1. The fraction of sp³-hybridized carbons (Fsp3) is 0.100. The first-order valence-corrected chi connectivity index (χ1v) is 14.2. The van der Waals surface area contributed by atoms with Gasteiger partial charge in [0, 0.05) is 27.7 Å². The van der Waals surface area contributed by atoms with E-state index in [0.717, 1.165) is 16.8 Å². The van der Waals surface area contributed by atoms with Gasteiger partial charge in [0.2, 0.25) is 0 Å². The molecule has 224 valence electrons. The highest BCUT2D eigenvalue weighted by molar-refractivity contribution is 9.13. The number of methoxy groups -OCH3 is 1. The van der Waals surface area contributed by atoms with Crippen LogP contribution in [-0.4, -0.2) is 27.9 Å². The maximum absolute atomic E-state index is 13.5. The fourth-order valence-corrected chi connectivity index (χ4v) is 5.16. The molecule has 0 spiro atoms. The van der Waals surface area contributed by atoms with E-state index in [1.807, 2.05) is 0 Å². The molecule has 0 aliphatic rings. The van der Waals surface area contributed by atoms with Gasteiger partial charge < -0.3 is 9.47 Å². The van der Waals surface area contributed by atoms with Gasteiger partial charge in [0.15, 0.2) is 17.3 Å². The van der Waals surface area contributed by atoms with Crippen molar-refractivity contribution in [2.24, 2.45) is 5.10 Å². The van der Waals surface area contributed by atoms with Crippen molar-refractivity contribution in [2.45, 2.75) is 12.8 Å². The Balaban J connectivity index is 1.55. The third-order valence-electron chi connectivity index (χ3n) is 6.42. The number of non-ortho nitro benzene ring substituents is 1. The van der Waals surface area contributed by atoms with E-state index in [2.05, 4.69) is 41.9 Å². The normalized spacial score (nSPS) is 11.7. The first-order chi connectivity index (χ1) is 21.0. The molecule has 0 atom stereocenters. The Morgan fingerprint density at radius 2 is 1.75 bits per heavy atom. The monoisotopic (exact) mass is 730 g/mol. The van der Waals surface area contributed by atoms with Crippen molar-refractivity contribution < 1.29 is 27.6 Å². The van der Waals surface area contributed by atoms with Gasteiger partial charge in [-0.25, -0.2) is 4.98 Å². The number of halogens is 5. The second-order valence-electron chi connectivity index (χ2n) is 9.23. The zero-order valence-corrected chi connectivity index (χ0v) is 25.7. The molecular formula is C30H19Br2F3N4O5. The summed E-state index contributed by atoms with van der Waals surface area (Å²) in [5.41, 5.74) is -0.0545. The molecule has 0 radical (unpaired) electrons. The molecule has 0 aliphatic carbocycles. The number of ether oxygens (including phenoxy) is 2. The largest absolute Gasteiger partial charge is 0.493 e. The van der Waals surface area contributed by atoms with Gasteiger partial charge in [-0.2, -0.15) is 22.9 Å². The summed E-state index contributed by atoms with van der Waals surface area (Å²) in [6.45, 7) is 0.0747. The van der Waals surface area contributed by atoms with Gasteiger partial charge in [-0.3, -0.25) is 14.9 Å². The minimum absolute atomic E-state index is 0.0455. The standard InChI is InChI=1S/C30H19Br2F3N4O5/c1-43-24-14-19(25(31)26(32)27(24)44-16-17-9-11-21(12-10-17)39(41)42)15-36-38-28(18-5-4-6-20(13-18)30(33,34)35)37-23-8-3-2-7-22(23)29(38)40/h2-15H,16H2,1H3. The number of nitro groups is 1.